The maximum absolute atomic E-state index is 14.1. The minimum absolute atomic E-state index is 0.0701. The van der Waals surface area contributed by atoms with Crippen LogP contribution >= 0.6 is 0 Å². The molecule has 0 N–H and O–H groups in total. The number of hydrogen-bond donors (Lipinski definition) is 0. The van der Waals surface area contributed by atoms with E-state index in [1.807, 2.05) is 11.0 Å². The molecule has 0 radical (unpaired) electrons. The monoisotopic (exact) mass is 473 g/mol. The minimum Gasteiger partial charge on any atom is -0.364 e. The van der Waals surface area contributed by atoms with Gasteiger partial charge in [0.05, 0.1) is 17.4 Å². The highest BCUT2D eigenvalue weighted by Crippen LogP contribution is 2.50. The number of alkyl halides is 1. The van der Waals surface area contributed by atoms with Crippen molar-refractivity contribution in [3.63, 3.8) is 0 Å². The summed E-state index contributed by atoms with van der Waals surface area (Å²) in [6, 6.07) is 5.09. The highest BCUT2D eigenvalue weighted by atomic mass is 32.2. The zero-order valence-corrected chi connectivity index (χ0v) is 19.1. The summed E-state index contributed by atoms with van der Waals surface area (Å²) in [4.78, 5) is 19.3. The smallest absolute Gasteiger partial charge is 0.327 e. The van der Waals surface area contributed by atoms with Gasteiger partial charge in [0.1, 0.15) is 11.9 Å². The van der Waals surface area contributed by atoms with E-state index in [0.29, 0.717) is 35.9 Å². The zero-order chi connectivity index (χ0) is 23.1. The van der Waals surface area contributed by atoms with Crippen LogP contribution in [0.4, 0.5) is 15.9 Å². The summed E-state index contributed by atoms with van der Waals surface area (Å²) in [5, 5.41) is 3.76. The number of aromatic nitrogens is 2. The molecule has 1 saturated carbocycles. The van der Waals surface area contributed by atoms with Crippen molar-refractivity contribution in [3.05, 3.63) is 41.9 Å². The van der Waals surface area contributed by atoms with Crippen LogP contribution in [0.3, 0.4) is 0 Å². The number of carbonyl (C=O) groups excluding carboxylic acids is 1. The van der Waals surface area contributed by atoms with Crippen molar-refractivity contribution in [1.82, 2.24) is 15.0 Å². The third-order valence-electron chi connectivity index (χ3n) is 7.42. The minimum atomic E-state index is -3.78. The van der Waals surface area contributed by atoms with Gasteiger partial charge in [-0.2, -0.15) is 8.42 Å². The van der Waals surface area contributed by atoms with Gasteiger partial charge in [-0.3, -0.25) is 4.79 Å². The first-order chi connectivity index (χ1) is 15.7. The fourth-order valence-electron chi connectivity index (χ4n) is 5.24. The third kappa shape index (κ3) is 3.08. The molecular formula is C22H24FN5O4S. The molecule has 2 aliphatic carbocycles. The van der Waals surface area contributed by atoms with Crippen LogP contribution in [0.25, 0.3) is 5.57 Å². The molecule has 5 aliphatic rings. The number of piperidine rings is 1. The quantitative estimate of drug-likeness (QED) is 0.677. The summed E-state index contributed by atoms with van der Waals surface area (Å²) in [5.74, 6) is -0.00508. The molecule has 4 atom stereocenters. The van der Waals surface area contributed by atoms with Crippen molar-refractivity contribution >= 4 is 33.2 Å². The number of nitrogens with zero attached hydrogens (tertiary/aromatic N) is 5. The lowest BCUT2D eigenvalue weighted by Crippen LogP contribution is -2.49. The Kier molecular flexibility index (Phi) is 4.24. The normalized spacial score (nSPS) is 31.5. The Morgan fingerprint density at radius 3 is 2.73 bits per heavy atom. The van der Waals surface area contributed by atoms with Gasteiger partial charge in [-0.05, 0) is 43.9 Å². The SMILES string of the molecule is CN1c2nc(C3=CC4CCC3CN4C(=O)c3ccon3)ccc2N(CC2CC2(C)F)S1(=O)=O. The predicted molar refractivity (Wildman–Crippen MR) is 119 cm³/mol. The lowest BCUT2D eigenvalue weighted by Gasteiger charge is -2.44. The Morgan fingerprint density at radius 1 is 1.30 bits per heavy atom. The summed E-state index contributed by atoms with van der Waals surface area (Å²) in [6.07, 6.45) is 5.59. The first kappa shape index (κ1) is 20.6. The lowest BCUT2D eigenvalue weighted by atomic mass is 9.78. The molecule has 1 amide bonds. The largest absolute Gasteiger partial charge is 0.364 e. The Bertz CT molecular complexity index is 1280. The topological polar surface area (TPSA) is 99.8 Å². The molecule has 0 spiro atoms. The number of halogens is 1. The van der Waals surface area contributed by atoms with Gasteiger partial charge >= 0.3 is 10.2 Å². The summed E-state index contributed by atoms with van der Waals surface area (Å²) in [5.41, 5.74) is 1.20. The zero-order valence-electron chi connectivity index (χ0n) is 18.3. The number of anilines is 2. The predicted octanol–water partition coefficient (Wildman–Crippen LogP) is 2.64. The number of carbonyl (C=O) groups is 1. The van der Waals surface area contributed by atoms with Gasteiger partial charge < -0.3 is 9.42 Å². The molecule has 2 aromatic rings. The van der Waals surface area contributed by atoms with Crippen LogP contribution < -0.4 is 8.61 Å². The van der Waals surface area contributed by atoms with Crippen LogP contribution in [-0.2, 0) is 10.2 Å². The van der Waals surface area contributed by atoms with Gasteiger partial charge in [-0.25, -0.2) is 18.0 Å². The van der Waals surface area contributed by atoms with Gasteiger partial charge in [0.25, 0.3) is 5.91 Å². The lowest BCUT2D eigenvalue weighted by molar-refractivity contribution is 0.0599. The van der Waals surface area contributed by atoms with Crippen molar-refractivity contribution in [2.45, 2.75) is 37.9 Å². The number of fused-ring (bicyclic) bond motifs is 3. The van der Waals surface area contributed by atoms with Gasteiger partial charge in [-0.1, -0.05) is 11.2 Å². The molecule has 1 saturated heterocycles. The molecule has 5 heterocycles. The van der Waals surface area contributed by atoms with E-state index in [9.17, 15) is 17.6 Å². The van der Waals surface area contributed by atoms with E-state index in [1.165, 1.54) is 28.8 Å². The van der Waals surface area contributed by atoms with Crippen LogP contribution in [0, 0.1) is 11.8 Å². The van der Waals surface area contributed by atoms with Gasteiger partial charge in [0.15, 0.2) is 11.5 Å². The second-order valence-electron chi connectivity index (χ2n) is 9.53. The molecule has 33 heavy (non-hydrogen) atoms. The molecule has 174 valence electrons. The second kappa shape index (κ2) is 6.78. The van der Waals surface area contributed by atoms with E-state index < -0.39 is 15.9 Å². The van der Waals surface area contributed by atoms with E-state index in [2.05, 4.69) is 11.2 Å². The maximum Gasteiger partial charge on any atom is 0.327 e. The molecule has 2 fully saturated rings. The second-order valence-corrected chi connectivity index (χ2v) is 11.4. The number of hydrogen-bond acceptors (Lipinski definition) is 6. The third-order valence-corrected chi connectivity index (χ3v) is 9.19. The number of amides is 1. The van der Waals surface area contributed by atoms with Crippen molar-refractivity contribution in [2.75, 3.05) is 28.7 Å². The first-order valence-electron chi connectivity index (χ1n) is 11.1. The molecule has 2 bridgehead atoms. The van der Waals surface area contributed by atoms with Crippen LogP contribution in [0.2, 0.25) is 0 Å². The average Bonchev–Trinajstić information content (AvgIpc) is 3.14. The molecular weight excluding hydrogens is 449 g/mol. The van der Waals surface area contributed by atoms with E-state index in [0.717, 1.165) is 18.4 Å². The Labute approximate surface area is 191 Å². The summed E-state index contributed by atoms with van der Waals surface area (Å²) < 4.78 is 47.3. The highest BCUT2D eigenvalue weighted by molar-refractivity contribution is 7.94. The van der Waals surface area contributed by atoms with E-state index in [-0.39, 0.29) is 30.3 Å². The first-order valence-corrected chi connectivity index (χ1v) is 12.5. The number of rotatable bonds is 4. The molecule has 9 nitrogen and oxygen atoms in total. The van der Waals surface area contributed by atoms with Crippen molar-refractivity contribution < 1.29 is 22.1 Å². The van der Waals surface area contributed by atoms with Gasteiger partial charge in [0.2, 0.25) is 0 Å². The molecule has 7 rings (SSSR count). The molecule has 11 heteroatoms. The van der Waals surface area contributed by atoms with Crippen LogP contribution in [-0.4, -0.2) is 61.2 Å². The average molecular weight is 474 g/mol. The summed E-state index contributed by atoms with van der Waals surface area (Å²) >= 11 is 0. The van der Waals surface area contributed by atoms with Crippen molar-refractivity contribution in [2.24, 2.45) is 11.8 Å². The van der Waals surface area contributed by atoms with Crippen LogP contribution in [0.15, 0.2) is 35.1 Å². The molecule has 4 unspecified atom stereocenters. The molecule has 3 aliphatic heterocycles. The maximum atomic E-state index is 14.1. The van der Waals surface area contributed by atoms with E-state index >= 15 is 0 Å². The summed E-state index contributed by atoms with van der Waals surface area (Å²) in [7, 11) is -2.31. The molecule has 0 aromatic carbocycles. The molecule has 2 aromatic heterocycles. The van der Waals surface area contributed by atoms with Gasteiger partial charge in [0, 0.05) is 38.0 Å². The highest BCUT2D eigenvalue weighted by Gasteiger charge is 2.54. The summed E-state index contributed by atoms with van der Waals surface area (Å²) in [6.45, 7) is 2.17. The standard InChI is InChI=1S/C22H24FN5O4S/c1-22(23)10-14(22)12-28-19-6-5-17(24-20(19)26(2)33(28,30)31)16-9-15-4-3-13(16)11-27(15)21(29)18-7-8-32-25-18/h5-9,13-15H,3-4,10-12H2,1-2H3. The van der Waals surface area contributed by atoms with Crippen LogP contribution in [0.1, 0.15) is 42.4 Å². The fraction of sp³-hybridized carbons (Fsp3) is 0.500. The fourth-order valence-corrected chi connectivity index (χ4v) is 6.65. The van der Waals surface area contributed by atoms with Crippen LogP contribution in [0.5, 0.6) is 0 Å². The van der Waals surface area contributed by atoms with E-state index in [1.54, 1.807) is 12.1 Å². The number of pyridine rings is 1. The Hall–Kier alpha value is -2.95. The van der Waals surface area contributed by atoms with Gasteiger partial charge in [-0.15, -0.1) is 0 Å². The Balaban J connectivity index is 1.30. The van der Waals surface area contributed by atoms with Crippen molar-refractivity contribution in [1.29, 1.82) is 0 Å². The Morgan fingerprint density at radius 2 is 2.09 bits per heavy atom. The van der Waals surface area contributed by atoms with E-state index in [4.69, 9.17) is 9.51 Å². The van der Waals surface area contributed by atoms with Crippen molar-refractivity contribution in [3.8, 4) is 0 Å².